The highest BCUT2D eigenvalue weighted by molar-refractivity contribution is 5.76. The van der Waals surface area contributed by atoms with Gasteiger partial charge in [-0.15, -0.1) is 0 Å². The number of rotatable bonds is 8. The molecule has 118 valence electrons. The fourth-order valence-electron chi connectivity index (χ4n) is 2.52. The van der Waals surface area contributed by atoms with E-state index in [4.69, 9.17) is 5.73 Å². The van der Waals surface area contributed by atoms with Crippen molar-refractivity contribution < 1.29 is 4.79 Å². The van der Waals surface area contributed by atoms with Crippen molar-refractivity contribution in [3.8, 4) is 0 Å². The average Bonchev–Trinajstić information content (AvgIpc) is 2.43. The van der Waals surface area contributed by atoms with Crippen molar-refractivity contribution in [3.63, 3.8) is 0 Å². The number of carbonyl (C=O) groups is 1. The Morgan fingerprint density at radius 3 is 2.40 bits per heavy atom. The van der Waals surface area contributed by atoms with Gasteiger partial charge in [0.15, 0.2) is 0 Å². The summed E-state index contributed by atoms with van der Waals surface area (Å²) in [5.74, 6) is 0.881. The van der Waals surface area contributed by atoms with Crippen molar-refractivity contribution in [1.29, 1.82) is 0 Å². The molecule has 5 heteroatoms. The lowest BCUT2D eigenvalue weighted by Gasteiger charge is -2.35. The molecule has 0 aromatic rings. The lowest BCUT2D eigenvalue weighted by Crippen LogP contribution is -2.50. The summed E-state index contributed by atoms with van der Waals surface area (Å²) in [4.78, 5) is 18.8. The van der Waals surface area contributed by atoms with E-state index in [1.54, 1.807) is 0 Å². The molecule has 1 rings (SSSR count). The van der Waals surface area contributed by atoms with Gasteiger partial charge in [-0.25, -0.2) is 0 Å². The van der Waals surface area contributed by atoms with Crippen LogP contribution in [0.2, 0.25) is 0 Å². The first kappa shape index (κ1) is 17.4. The molecule has 0 saturated carbocycles. The van der Waals surface area contributed by atoms with E-state index >= 15 is 0 Å². The summed E-state index contributed by atoms with van der Waals surface area (Å²) in [6.45, 7) is 8.89. The Bertz CT molecular complexity index is 275. The van der Waals surface area contributed by atoms with Gasteiger partial charge in [-0.2, -0.15) is 0 Å². The standard InChI is InChI=1S/C15H32N4O/c1-14(6-7-16)4-5-15(20)19-12-10-18(11-13-19)9-8-17(2)3/h14H,4-13,16H2,1-3H3. The molecule has 5 nitrogen and oxygen atoms in total. The van der Waals surface area contributed by atoms with Crippen molar-refractivity contribution in [2.45, 2.75) is 26.2 Å². The third kappa shape index (κ3) is 6.68. The van der Waals surface area contributed by atoms with Crippen LogP contribution in [-0.4, -0.2) is 80.5 Å². The molecule has 1 saturated heterocycles. The number of piperazine rings is 1. The number of hydrogen-bond acceptors (Lipinski definition) is 4. The van der Waals surface area contributed by atoms with Gasteiger partial charge in [-0.05, 0) is 39.4 Å². The van der Waals surface area contributed by atoms with Gasteiger partial charge in [0, 0.05) is 45.7 Å². The second kappa shape index (κ2) is 9.32. The highest BCUT2D eigenvalue weighted by Gasteiger charge is 2.20. The van der Waals surface area contributed by atoms with Crippen molar-refractivity contribution in [3.05, 3.63) is 0 Å². The van der Waals surface area contributed by atoms with Crippen molar-refractivity contribution in [1.82, 2.24) is 14.7 Å². The molecular formula is C15H32N4O. The van der Waals surface area contributed by atoms with Crippen molar-refractivity contribution >= 4 is 5.91 Å². The Labute approximate surface area is 124 Å². The molecule has 0 spiro atoms. The molecule has 1 aliphatic rings. The van der Waals surface area contributed by atoms with Crippen molar-refractivity contribution in [2.75, 3.05) is 59.9 Å². The Hall–Kier alpha value is -0.650. The van der Waals surface area contributed by atoms with E-state index in [2.05, 4.69) is 30.8 Å². The van der Waals surface area contributed by atoms with E-state index in [9.17, 15) is 4.79 Å². The lowest BCUT2D eigenvalue weighted by molar-refractivity contribution is -0.133. The molecule has 20 heavy (non-hydrogen) atoms. The van der Waals surface area contributed by atoms with Gasteiger partial charge < -0.3 is 15.5 Å². The second-order valence-corrected chi connectivity index (χ2v) is 6.25. The van der Waals surface area contributed by atoms with Crippen LogP contribution >= 0.6 is 0 Å². The molecule has 1 aliphatic heterocycles. The van der Waals surface area contributed by atoms with Crippen LogP contribution in [-0.2, 0) is 4.79 Å². The van der Waals surface area contributed by atoms with Crippen molar-refractivity contribution in [2.24, 2.45) is 11.7 Å². The quantitative estimate of drug-likeness (QED) is 0.703. The molecule has 0 aromatic heterocycles. The summed E-state index contributed by atoms with van der Waals surface area (Å²) in [7, 11) is 4.20. The number of likely N-dealkylation sites (N-methyl/N-ethyl adjacent to an activating group) is 1. The fourth-order valence-corrected chi connectivity index (χ4v) is 2.52. The third-order valence-corrected chi connectivity index (χ3v) is 4.10. The summed E-state index contributed by atoms with van der Waals surface area (Å²) < 4.78 is 0. The van der Waals surface area contributed by atoms with E-state index in [0.29, 0.717) is 18.2 Å². The van der Waals surface area contributed by atoms with E-state index in [0.717, 1.165) is 58.7 Å². The van der Waals surface area contributed by atoms with Crippen LogP contribution in [0.25, 0.3) is 0 Å². The van der Waals surface area contributed by atoms with Gasteiger partial charge in [-0.1, -0.05) is 6.92 Å². The van der Waals surface area contributed by atoms with E-state index in [-0.39, 0.29) is 0 Å². The number of carbonyl (C=O) groups excluding carboxylic acids is 1. The van der Waals surface area contributed by atoms with Crippen LogP contribution < -0.4 is 5.73 Å². The fraction of sp³-hybridized carbons (Fsp3) is 0.933. The van der Waals surface area contributed by atoms with Gasteiger partial charge in [-0.3, -0.25) is 9.69 Å². The van der Waals surface area contributed by atoms with Gasteiger partial charge in [0.05, 0.1) is 0 Å². The Kier molecular flexibility index (Phi) is 8.11. The minimum atomic E-state index is 0.320. The van der Waals surface area contributed by atoms with E-state index < -0.39 is 0 Å². The highest BCUT2D eigenvalue weighted by atomic mass is 16.2. The number of nitrogens with zero attached hydrogens (tertiary/aromatic N) is 3. The second-order valence-electron chi connectivity index (χ2n) is 6.25. The Morgan fingerprint density at radius 1 is 1.20 bits per heavy atom. The summed E-state index contributed by atoms with van der Waals surface area (Å²) >= 11 is 0. The molecular weight excluding hydrogens is 252 g/mol. The maximum absolute atomic E-state index is 12.1. The molecule has 2 N–H and O–H groups in total. The summed E-state index contributed by atoms with van der Waals surface area (Å²) in [6, 6.07) is 0. The maximum atomic E-state index is 12.1. The summed E-state index contributed by atoms with van der Waals surface area (Å²) in [5.41, 5.74) is 5.54. The van der Waals surface area contributed by atoms with Crippen LogP contribution in [0, 0.1) is 5.92 Å². The Balaban J connectivity index is 2.18. The SMILES string of the molecule is CC(CCN)CCC(=O)N1CCN(CCN(C)C)CC1. The molecule has 0 aliphatic carbocycles. The molecule has 0 radical (unpaired) electrons. The van der Waals surface area contributed by atoms with E-state index in [1.165, 1.54) is 0 Å². The molecule has 0 aromatic carbocycles. The van der Waals surface area contributed by atoms with Gasteiger partial charge in [0.2, 0.25) is 5.91 Å². The number of hydrogen-bond donors (Lipinski definition) is 1. The maximum Gasteiger partial charge on any atom is 0.222 e. The summed E-state index contributed by atoms with van der Waals surface area (Å²) in [6.07, 6.45) is 2.67. The highest BCUT2D eigenvalue weighted by Crippen LogP contribution is 2.12. The zero-order valence-electron chi connectivity index (χ0n) is 13.5. The topological polar surface area (TPSA) is 52.8 Å². The molecule has 0 bridgehead atoms. The molecule has 1 unspecified atom stereocenters. The molecule has 1 amide bonds. The van der Waals surface area contributed by atoms with Crippen LogP contribution in [0.5, 0.6) is 0 Å². The zero-order chi connectivity index (χ0) is 15.0. The summed E-state index contributed by atoms with van der Waals surface area (Å²) in [5, 5.41) is 0. The first-order valence-corrected chi connectivity index (χ1v) is 7.88. The predicted octanol–water partition coefficient (Wildman–Crippen LogP) is 0.457. The molecule has 1 fully saturated rings. The first-order valence-electron chi connectivity index (χ1n) is 7.88. The first-order chi connectivity index (χ1) is 9.52. The monoisotopic (exact) mass is 284 g/mol. The Morgan fingerprint density at radius 2 is 1.85 bits per heavy atom. The molecule has 1 atom stereocenters. The van der Waals surface area contributed by atoms with Crippen LogP contribution in [0.3, 0.4) is 0 Å². The van der Waals surface area contributed by atoms with Gasteiger partial charge >= 0.3 is 0 Å². The minimum absolute atomic E-state index is 0.320. The predicted molar refractivity (Wildman–Crippen MR) is 83.6 cm³/mol. The zero-order valence-corrected chi connectivity index (χ0v) is 13.5. The largest absolute Gasteiger partial charge is 0.340 e. The minimum Gasteiger partial charge on any atom is -0.340 e. The van der Waals surface area contributed by atoms with Crippen LogP contribution in [0.15, 0.2) is 0 Å². The van der Waals surface area contributed by atoms with Gasteiger partial charge in [0.25, 0.3) is 0 Å². The average molecular weight is 284 g/mol. The van der Waals surface area contributed by atoms with Crippen LogP contribution in [0.1, 0.15) is 26.2 Å². The normalized spacial score (nSPS) is 18.6. The number of amides is 1. The number of nitrogens with two attached hydrogens (primary N) is 1. The van der Waals surface area contributed by atoms with Gasteiger partial charge in [0.1, 0.15) is 0 Å². The van der Waals surface area contributed by atoms with Crippen LogP contribution in [0.4, 0.5) is 0 Å². The third-order valence-electron chi connectivity index (χ3n) is 4.10. The smallest absolute Gasteiger partial charge is 0.222 e. The molecule has 1 heterocycles. The van der Waals surface area contributed by atoms with E-state index in [1.807, 2.05) is 4.90 Å². The lowest BCUT2D eigenvalue weighted by atomic mass is 10.0.